The molecule has 0 aromatic rings. The summed E-state index contributed by atoms with van der Waals surface area (Å²) in [7, 11) is 1.64. The molecular formula is C6H9NOS. The Morgan fingerprint density at radius 3 is 2.89 bits per heavy atom. The molecule has 2 nitrogen and oxygen atoms in total. The molecule has 0 aromatic carbocycles. The van der Waals surface area contributed by atoms with Crippen molar-refractivity contribution in [3.05, 3.63) is 11.0 Å². The molecule has 0 aromatic heterocycles. The summed E-state index contributed by atoms with van der Waals surface area (Å²) in [4.78, 5) is 5.37. The molecule has 1 aliphatic rings. The van der Waals surface area contributed by atoms with Gasteiger partial charge in [-0.05, 0) is 18.7 Å². The van der Waals surface area contributed by atoms with Gasteiger partial charge in [-0.25, -0.2) is 4.99 Å². The van der Waals surface area contributed by atoms with Gasteiger partial charge in [-0.2, -0.15) is 0 Å². The van der Waals surface area contributed by atoms with Crippen LogP contribution >= 0.6 is 11.8 Å². The molecule has 0 saturated carbocycles. The minimum absolute atomic E-state index is 0.781. The van der Waals surface area contributed by atoms with E-state index >= 15 is 0 Å². The molecular weight excluding hydrogens is 134 g/mol. The van der Waals surface area contributed by atoms with Crippen molar-refractivity contribution in [1.82, 2.24) is 0 Å². The van der Waals surface area contributed by atoms with Crippen LogP contribution in [0.5, 0.6) is 0 Å². The summed E-state index contributed by atoms with van der Waals surface area (Å²) in [6.45, 7) is 2.81. The van der Waals surface area contributed by atoms with Crippen LogP contribution in [0.15, 0.2) is 16.0 Å². The topological polar surface area (TPSA) is 21.6 Å². The molecule has 0 fully saturated rings. The number of allylic oxidation sites excluding steroid dienone is 1. The number of hydrogen-bond acceptors (Lipinski definition) is 3. The Labute approximate surface area is 59.0 Å². The normalized spacial score (nSPS) is 22.4. The molecule has 0 N–H and O–H groups in total. The minimum Gasteiger partial charge on any atom is -0.476 e. The fourth-order valence-electron chi connectivity index (χ4n) is 0.576. The average Bonchev–Trinajstić information content (AvgIpc) is 2.34. The number of rotatable bonds is 0. The fraction of sp³-hybridized carbons (Fsp3) is 0.500. The van der Waals surface area contributed by atoms with E-state index < -0.39 is 0 Å². The van der Waals surface area contributed by atoms with E-state index in [1.807, 2.05) is 6.92 Å². The van der Waals surface area contributed by atoms with Gasteiger partial charge in [0.2, 0.25) is 0 Å². The summed E-state index contributed by atoms with van der Waals surface area (Å²) < 4.78 is 4.92. The molecule has 0 atom stereocenters. The molecule has 9 heavy (non-hydrogen) atoms. The van der Waals surface area contributed by atoms with E-state index in [1.54, 1.807) is 18.9 Å². The Balaban J connectivity index is 2.50. The maximum Gasteiger partial charge on any atom is 0.250 e. The van der Waals surface area contributed by atoms with Crippen molar-refractivity contribution in [3.8, 4) is 0 Å². The van der Waals surface area contributed by atoms with E-state index in [1.165, 1.54) is 4.91 Å². The Morgan fingerprint density at radius 2 is 2.56 bits per heavy atom. The maximum atomic E-state index is 4.92. The zero-order chi connectivity index (χ0) is 6.69. The third kappa shape index (κ3) is 1.48. The van der Waals surface area contributed by atoms with Crippen LogP contribution in [0, 0.1) is 0 Å². The van der Waals surface area contributed by atoms with E-state index in [9.17, 15) is 0 Å². The molecule has 0 radical (unpaired) electrons. The first-order chi connectivity index (χ1) is 4.36. The molecule has 0 unspecified atom stereocenters. The first-order valence-corrected chi connectivity index (χ1v) is 3.60. The van der Waals surface area contributed by atoms with Crippen molar-refractivity contribution in [2.45, 2.75) is 6.92 Å². The number of thioether (sulfide) groups is 1. The molecule has 50 valence electrons. The van der Waals surface area contributed by atoms with Gasteiger partial charge in [0.15, 0.2) is 0 Å². The quantitative estimate of drug-likeness (QED) is 0.514. The largest absolute Gasteiger partial charge is 0.476 e. The average molecular weight is 143 g/mol. The van der Waals surface area contributed by atoms with Crippen molar-refractivity contribution >= 4 is 17.0 Å². The number of hydrogen-bond donors (Lipinski definition) is 0. The monoisotopic (exact) mass is 143 g/mol. The number of ether oxygens (including phenoxy) is 1. The predicted octanol–water partition coefficient (Wildman–Crippen LogP) is 1.64. The van der Waals surface area contributed by atoms with Gasteiger partial charge < -0.3 is 4.74 Å². The van der Waals surface area contributed by atoms with E-state index in [4.69, 9.17) is 4.74 Å². The van der Waals surface area contributed by atoms with Crippen LogP contribution in [0.1, 0.15) is 6.92 Å². The highest BCUT2D eigenvalue weighted by molar-refractivity contribution is 8.17. The smallest absolute Gasteiger partial charge is 0.250 e. The molecule has 3 heteroatoms. The summed E-state index contributed by atoms with van der Waals surface area (Å²) >= 11 is 1.60. The highest BCUT2D eigenvalue weighted by Crippen LogP contribution is 2.24. The Hall–Kier alpha value is -0.440. The molecule has 0 saturated heterocycles. The molecule has 1 heterocycles. The summed E-state index contributed by atoms with van der Waals surface area (Å²) in [5.41, 5.74) is 0. The van der Waals surface area contributed by atoms with E-state index in [-0.39, 0.29) is 0 Å². The maximum absolute atomic E-state index is 4.92. The summed E-state index contributed by atoms with van der Waals surface area (Å²) in [6, 6.07) is 0. The van der Waals surface area contributed by atoms with Crippen LogP contribution in [0.3, 0.4) is 0 Å². The Morgan fingerprint density at radius 1 is 1.78 bits per heavy atom. The van der Waals surface area contributed by atoms with Gasteiger partial charge in [-0.1, -0.05) is 6.08 Å². The van der Waals surface area contributed by atoms with E-state index in [0.717, 1.165) is 11.8 Å². The van der Waals surface area contributed by atoms with Crippen LogP contribution in [0.2, 0.25) is 0 Å². The molecule has 0 spiro atoms. The molecule has 0 aliphatic carbocycles. The van der Waals surface area contributed by atoms with Crippen LogP contribution in [0.25, 0.3) is 0 Å². The van der Waals surface area contributed by atoms with Gasteiger partial charge >= 0.3 is 0 Å². The van der Waals surface area contributed by atoms with Gasteiger partial charge in [0.05, 0.1) is 13.7 Å². The number of nitrogens with zero attached hydrogens (tertiary/aromatic N) is 1. The van der Waals surface area contributed by atoms with Crippen LogP contribution in [0.4, 0.5) is 0 Å². The molecule has 0 amide bonds. The lowest BCUT2D eigenvalue weighted by Gasteiger charge is -1.92. The van der Waals surface area contributed by atoms with E-state index in [2.05, 4.69) is 11.1 Å². The van der Waals surface area contributed by atoms with E-state index in [0.29, 0.717) is 0 Å². The lowest BCUT2D eigenvalue weighted by atomic mass is 10.5. The minimum atomic E-state index is 0.781. The van der Waals surface area contributed by atoms with Crippen molar-refractivity contribution in [1.29, 1.82) is 0 Å². The standard InChI is InChI=1S/C6H9NOS/c1-3-5-4-7-6(8-2)9-5/h3H,4H2,1-2H3/b5-3+. The predicted molar refractivity (Wildman–Crippen MR) is 40.7 cm³/mol. The second kappa shape index (κ2) is 2.92. The fourth-order valence-corrected chi connectivity index (χ4v) is 1.26. The highest BCUT2D eigenvalue weighted by atomic mass is 32.2. The second-order valence-corrected chi connectivity index (χ2v) is 2.72. The molecule has 0 bridgehead atoms. The summed E-state index contributed by atoms with van der Waals surface area (Å²) in [5, 5.41) is 0.781. The summed E-state index contributed by atoms with van der Waals surface area (Å²) in [5.74, 6) is 0. The summed E-state index contributed by atoms with van der Waals surface area (Å²) in [6.07, 6.45) is 2.06. The Kier molecular flexibility index (Phi) is 2.16. The highest BCUT2D eigenvalue weighted by Gasteiger charge is 2.10. The number of aliphatic imine (C=N–C) groups is 1. The zero-order valence-electron chi connectivity index (χ0n) is 5.55. The number of methoxy groups -OCH3 is 1. The van der Waals surface area contributed by atoms with Gasteiger partial charge in [-0.15, -0.1) is 0 Å². The van der Waals surface area contributed by atoms with Gasteiger partial charge in [0, 0.05) is 4.91 Å². The van der Waals surface area contributed by atoms with Gasteiger partial charge in [0.25, 0.3) is 5.23 Å². The third-order valence-corrected chi connectivity index (χ3v) is 2.18. The van der Waals surface area contributed by atoms with Crippen molar-refractivity contribution in [3.63, 3.8) is 0 Å². The van der Waals surface area contributed by atoms with Gasteiger partial charge in [-0.3, -0.25) is 0 Å². The molecule has 1 rings (SSSR count). The molecule has 1 aliphatic heterocycles. The van der Waals surface area contributed by atoms with Crippen LogP contribution < -0.4 is 0 Å². The van der Waals surface area contributed by atoms with Crippen LogP contribution in [-0.2, 0) is 4.74 Å². The van der Waals surface area contributed by atoms with Crippen molar-refractivity contribution in [2.75, 3.05) is 13.7 Å². The van der Waals surface area contributed by atoms with Gasteiger partial charge in [0.1, 0.15) is 0 Å². The SMILES string of the molecule is C/C=C1\CN=C(OC)S1. The second-order valence-electron chi connectivity index (χ2n) is 1.64. The lowest BCUT2D eigenvalue weighted by molar-refractivity contribution is 0.416. The lowest BCUT2D eigenvalue weighted by Crippen LogP contribution is -1.87. The van der Waals surface area contributed by atoms with Crippen molar-refractivity contribution in [2.24, 2.45) is 4.99 Å². The van der Waals surface area contributed by atoms with Crippen molar-refractivity contribution < 1.29 is 4.74 Å². The first kappa shape index (κ1) is 6.68. The zero-order valence-corrected chi connectivity index (χ0v) is 6.36. The Bertz CT molecular complexity index is 162. The third-order valence-electron chi connectivity index (χ3n) is 1.08. The van der Waals surface area contributed by atoms with Crippen LogP contribution in [-0.4, -0.2) is 18.9 Å². The first-order valence-electron chi connectivity index (χ1n) is 2.78.